The number of H-pyrrole nitrogens is 1. The molecule has 1 amide bonds. The third-order valence-electron chi connectivity index (χ3n) is 5.12. The minimum atomic E-state index is -0.675. The molecule has 0 atom stereocenters. The largest absolute Gasteiger partial charge is 0.490 e. The molecule has 0 aliphatic heterocycles. The standard InChI is InChI=1S/C26H23ClN4O5/c1-3-35-22-13-17(14-28-31-25(33)19-6-4-5-7-21(19)30-26(31)34)12-20(27)24(22)36-15-23(32)29-18-10-8-16(2)9-11-18/h4-14H,3,15H2,1-2H3,(H,29,32)(H,30,34). The summed E-state index contributed by atoms with van der Waals surface area (Å²) in [6.45, 7) is 3.77. The second-order valence-corrected chi connectivity index (χ2v) is 8.21. The number of aromatic nitrogens is 2. The zero-order valence-electron chi connectivity index (χ0n) is 19.6. The number of amides is 1. The van der Waals surface area contributed by atoms with Crippen molar-refractivity contribution in [2.75, 3.05) is 18.5 Å². The molecule has 0 aliphatic rings. The summed E-state index contributed by atoms with van der Waals surface area (Å²) in [5.74, 6) is 0.114. The minimum absolute atomic E-state index is 0.172. The fraction of sp³-hybridized carbons (Fsp3) is 0.154. The lowest BCUT2D eigenvalue weighted by atomic mass is 10.2. The number of rotatable bonds is 8. The first kappa shape index (κ1) is 24.7. The molecule has 4 rings (SSSR count). The number of hydrogen-bond donors (Lipinski definition) is 2. The molecule has 4 aromatic rings. The van der Waals surface area contributed by atoms with Crippen LogP contribution in [0.25, 0.3) is 10.9 Å². The maximum Gasteiger partial charge on any atom is 0.349 e. The maximum absolute atomic E-state index is 12.7. The Morgan fingerprint density at radius 3 is 2.61 bits per heavy atom. The number of fused-ring (bicyclic) bond motifs is 1. The second kappa shape index (κ2) is 10.9. The number of nitrogens with zero attached hydrogens (tertiary/aromatic N) is 2. The van der Waals surface area contributed by atoms with Gasteiger partial charge in [0.15, 0.2) is 18.1 Å². The van der Waals surface area contributed by atoms with Gasteiger partial charge in [-0.05, 0) is 55.8 Å². The Morgan fingerprint density at radius 1 is 1.11 bits per heavy atom. The van der Waals surface area contributed by atoms with E-state index >= 15 is 0 Å². The fourth-order valence-electron chi connectivity index (χ4n) is 3.42. The van der Waals surface area contributed by atoms with Gasteiger partial charge in [0.1, 0.15) is 0 Å². The van der Waals surface area contributed by atoms with Crippen LogP contribution in [0, 0.1) is 6.92 Å². The highest BCUT2D eigenvalue weighted by molar-refractivity contribution is 6.32. The molecule has 184 valence electrons. The molecule has 1 heterocycles. The second-order valence-electron chi connectivity index (χ2n) is 7.80. The van der Waals surface area contributed by atoms with E-state index in [-0.39, 0.29) is 29.0 Å². The van der Waals surface area contributed by atoms with Gasteiger partial charge in [-0.2, -0.15) is 5.10 Å². The zero-order valence-corrected chi connectivity index (χ0v) is 20.3. The molecule has 1 aromatic heterocycles. The molecule has 2 N–H and O–H groups in total. The van der Waals surface area contributed by atoms with Crippen LogP contribution >= 0.6 is 11.6 Å². The van der Waals surface area contributed by atoms with Crippen molar-refractivity contribution < 1.29 is 14.3 Å². The van der Waals surface area contributed by atoms with E-state index in [1.807, 2.05) is 19.1 Å². The molecule has 0 aliphatic carbocycles. The van der Waals surface area contributed by atoms with E-state index in [9.17, 15) is 14.4 Å². The highest BCUT2D eigenvalue weighted by atomic mass is 35.5. The lowest BCUT2D eigenvalue weighted by Crippen LogP contribution is -2.32. The molecular weight excluding hydrogens is 484 g/mol. The maximum atomic E-state index is 12.7. The summed E-state index contributed by atoms with van der Waals surface area (Å²) in [5.41, 5.74) is 1.38. The molecule has 10 heteroatoms. The highest BCUT2D eigenvalue weighted by Crippen LogP contribution is 2.36. The summed E-state index contributed by atoms with van der Waals surface area (Å²) in [5, 5.41) is 7.29. The van der Waals surface area contributed by atoms with Crippen LogP contribution in [0.2, 0.25) is 5.02 Å². The monoisotopic (exact) mass is 506 g/mol. The predicted octanol–water partition coefficient (Wildman–Crippen LogP) is 3.95. The lowest BCUT2D eigenvalue weighted by Gasteiger charge is -2.14. The van der Waals surface area contributed by atoms with Crippen molar-refractivity contribution in [1.82, 2.24) is 9.66 Å². The molecule has 36 heavy (non-hydrogen) atoms. The number of anilines is 1. The van der Waals surface area contributed by atoms with Gasteiger partial charge in [0, 0.05) is 5.69 Å². The first-order valence-electron chi connectivity index (χ1n) is 11.1. The van der Waals surface area contributed by atoms with Crippen LogP contribution in [0.1, 0.15) is 18.1 Å². The smallest absolute Gasteiger partial charge is 0.349 e. The number of halogens is 1. The summed E-state index contributed by atoms with van der Waals surface area (Å²) in [6, 6.07) is 17.2. The van der Waals surface area contributed by atoms with Crippen LogP contribution in [-0.4, -0.2) is 35.0 Å². The van der Waals surface area contributed by atoms with Crippen molar-refractivity contribution in [2.24, 2.45) is 5.10 Å². The van der Waals surface area contributed by atoms with E-state index in [0.29, 0.717) is 28.8 Å². The van der Waals surface area contributed by atoms with E-state index < -0.39 is 11.2 Å². The van der Waals surface area contributed by atoms with Crippen LogP contribution in [0.4, 0.5) is 5.69 Å². The van der Waals surface area contributed by atoms with Gasteiger partial charge < -0.3 is 19.8 Å². The molecular formula is C26H23ClN4O5. The summed E-state index contributed by atoms with van der Waals surface area (Å²) in [4.78, 5) is 40.0. The number of ether oxygens (including phenoxy) is 2. The Morgan fingerprint density at radius 2 is 1.86 bits per heavy atom. The Labute approximate surface area is 210 Å². The third-order valence-corrected chi connectivity index (χ3v) is 5.40. The average Bonchev–Trinajstić information content (AvgIpc) is 2.85. The molecule has 0 saturated heterocycles. The first-order chi connectivity index (χ1) is 17.4. The fourth-order valence-corrected chi connectivity index (χ4v) is 3.69. The number of carbonyl (C=O) groups excluding carboxylic acids is 1. The molecule has 0 fully saturated rings. The van der Waals surface area contributed by atoms with Crippen LogP contribution in [0.15, 0.2) is 75.4 Å². The zero-order chi connectivity index (χ0) is 25.7. The molecule has 9 nitrogen and oxygen atoms in total. The Kier molecular flexibility index (Phi) is 7.50. The van der Waals surface area contributed by atoms with Crippen molar-refractivity contribution in [3.05, 3.63) is 97.7 Å². The van der Waals surface area contributed by atoms with Gasteiger partial charge in [-0.1, -0.05) is 41.4 Å². The van der Waals surface area contributed by atoms with E-state index in [4.69, 9.17) is 21.1 Å². The topological polar surface area (TPSA) is 115 Å². The van der Waals surface area contributed by atoms with Crippen LogP contribution in [-0.2, 0) is 4.79 Å². The summed E-state index contributed by atoms with van der Waals surface area (Å²) in [7, 11) is 0. The van der Waals surface area contributed by atoms with Gasteiger partial charge in [0.05, 0.1) is 28.7 Å². The van der Waals surface area contributed by atoms with Crippen molar-refractivity contribution >= 4 is 40.3 Å². The number of hydrogen-bond acceptors (Lipinski definition) is 6. The highest BCUT2D eigenvalue weighted by Gasteiger charge is 2.15. The van der Waals surface area contributed by atoms with Crippen molar-refractivity contribution in [2.45, 2.75) is 13.8 Å². The Hall–Kier alpha value is -4.37. The Balaban J connectivity index is 1.55. The van der Waals surface area contributed by atoms with Crippen LogP contribution < -0.4 is 26.0 Å². The van der Waals surface area contributed by atoms with Gasteiger partial charge >= 0.3 is 5.69 Å². The van der Waals surface area contributed by atoms with E-state index in [1.54, 1.807) is 49.4 Å². The number of aromatic amines is 1. The molecule has 0 saturated carbocycles. The quantitative estimate of drug-likeness (QED) is 0.351. The molecule has 0 spiro atoms. The van der Waals surface area contributed by atoms with Gasteiger partial charge in [-0.15, -0.1) is 4.68 Å². The SMILES string of the molecule is CCOc1cc(C=Nn2c(=O)[nH]c3ccccc3c2=O)cc(Cl)c1OCC(=O)Nc1ccc(C)cc1. The van der Waals surface area contributed by atoms with E-state index in [1.165, 1.54) is 12.3 Å². The first-order valence-corrected chi connectivity index (χ1v) is 11.5. The van der Waals surface area contributed by atoms with E-state index in [2.05, 4.69) is 15.4 Å². The number of aryl methyl sites for hydroxylation is 1. The summed E-state index contributed by atoms with van der Waals surface area (Å²) >= 11 is 6.42. The van der Waals surface area contributed by atoms with Gasteiger partial charge in [0.25, 0.3) is 11.5 Å². The van der Waals surface area contributed by atoms with Gasteiger partial charge in [-0.25, -0.2) is 4.79 Å². The number of carbonyl (C=O) groups is 1. The predicted molar refractivity (Wildman–Crippen MR) is 140 cm³/mol. The minimum Gasteiger partial charge on any atom is -0.490 e. The normalized spacial score (nSPS) is 11.1. The number of benzene rings is 3. The third kappa shape index (κ3) is 5.64. The number of nitrogens with one attached hydrogen (secondary N) is 2. The summed E-state index contributed by atoms with van der Waals surface area (Å²) in [6.07, 6.45) is 1.31. The van der Waals surface area contributed by atoms with Crippen molar-refractivity contribution in [1.29, 1.82) is 0 Å². The lowest BCUT2D eigenvalue weighted by molar-refractivity contribution is -0.118. The van der Waals surface area contributed by atoms with E-state index in [0.717, 1.165) is 10.2 Å². The molecule has 0 radical (unpaired) electrons. The number of para-hydroxylation sites is 1. The van der Waals surface area contributed by atoms with Crippen LogP contribution in [0.5, 0.6) is 11.5 Å². The molecule has 3 aromatic carbocycles. The molecule has 0 bridgehead atoms. The van der Waals surface area contributed by atoms with Crippen molar-refractivity contribution in [3.8, 4) is 11.5 Å². The van der Waals surface area contributed by atoms with Gasteiger partial charge in [0.2, 0.25) is 0 Å². The van der Waals surface area contributed by atoms with Crippen molar-refractivity contribution in [3.63, 3.8) is 0 Å². The van der Waals surface area contributed by atoms with Crippen LogP contribution in [0.3, 0.4) is 0 Å². The summed E-state index contributed by atoms with van der Waals surface area (Å²) < 4.78 is 12.0. The van der Waals surface area contributed by atoms with Gasteiger partial charge in [-0.3, -0.25) is 9.59 Å². The Bertz CT molecular complexity index is 1560. The average molecular weight is 507 g/mol. The molecule has 0 unspecified atom stereocenters.